The maximum Gasteiger partial charge on any atom is 0.00463 e. The van der Waals surface area contributed by atoms with Crippen molar-refractivity contribution in [2.75, 3.05) is 0 Å². The summed E-state index contributed by atoms with van der Waals surface area (Å²) in [6, 6.07) is 17.6. The van der Waals surface area contributed by atoms with Crippen molar-refractivity contribution in [1.29, 1.82) is 0 Å². The molecule has 0 radical (unpaired) electrons. The molecule has 0 heterocycles. The average molecular weight is 252 g/mol. The molecule has 18 heavy (non-hydrogen) atoms. The van der Waals surface area contributed by atoms with Crippen molar-refractivity contribution in [3.63, 3.8) is 0 Å². The molecule has 0 aliphatic rings. The maximum absolute atomic E-state index is 4.40. The Bertz CT molecular complexity index is 726. The van der Waals surface area contributed by atoms with E-state index < -0.39 is 0 Å². The molecule has 0 aromatic heterocycles. The van der Waals surface area contributed by atoms with Crippen LogP contribution >= 0.6 is 12.6 Å². The molecule has 0 N–H and O–H groups in total. The third-order valence-electron chi connectivity index (χ3n) is 3.47. The molecule has 0 fully saturated rings. The maximum atomic E-state index is 4.40. The highest BCUT2D eigenvalue weighted by Crippen LogP contribution is 2.27. The molecule has 0 aliphatic carbocycles. The van der Waals surface area contributed by atoms with Crippen molar-refractivity contribution in [1.82, 2.24) is 0 Å². The van der Waals surface area contributed by atoms with Crippen molar-refractivity contribution in [3.05, 3.63) is 54.1 Å². The van der Waals surface area contributed by atoms with Crippen LogP contribution in [0.25, 0.3) is 21.5 Å². The lowest BCUT2D eigenvalue weighted by Gasteiger charge is -2.08. The quantitative estimate of drug-likeness (QED) is 0.435. The molecule has 0 saturated heterocycles. The Morgan fingerprint density at radius 1 is 0.722 bits per heavy atom. The molecule has 3 aromatic rings. The summed E-state index contributed by atoms with van der Waals surface area (Å²) in [5, 5.41) is 5.15. The highest BCUT2D eigenvalue weighted by Gasteiger charge is 2.02. The second-order valence-electron chi connectivity index (χ2n) is 5.14. The summed E-state index contributed by atoms with van der Waals surface area (Å²) in [6.07, 6.45) is 0. The number of fused-ring (bicyclic) bond motifs is 2. The molecular formula is C17H16S. The van der Waals surface area contributed by atoms with Crippen molar-refractivity contribution < 1.29 is 0 Å². The molecule has 0 amide bonds. The van der Waals surface area contributed by atoms with Gasteiger partial charge in [-0.25, -0.2) is 0 Å². The largest absolute Gasteiger partial charge is 0.143 e. The fraction of sp³-hybridized carbons (Fsp3) is 0.176. The van der Waals surface area contributed by atoms with Gasteiger partial charge < -0.3 is 0 Å². The van der Waals surface area contributed by atoms with Crippen LogP contribution in [0, 0.1) is 0 Å². The van der Waals surface area contributed by atoms with E-state index in [1.54, 1.807) is 0 Å². The van der Waals surface area contributed by atoms with Crippen LogP contribution in [-0.4, -0.2) is 0 Å². The number of hydrogen-bond acceptors (Lipinski definition) is 1. The van der Waals surface area contributed by atoms with Gasteiger partial charge in [0.2, 0.25) is 0 Å². The van der Waals surface area contributed by atoms with Crippen LogP contribution in [0.1, 0.15) is 25.3 Å². The molecule has 0 bridgehead atoms. The molecule has 0 saturated carbocycles. The van der Waals surface area contributed by atoms with Gasteiger partial charge in [-0.1, -0.05) is 38.1 Å². The van der Waals surface area contributed by atoms with Gasteiger partial charge in [0.25, 0.3) is 0 Å². The van der Waals surface area contributed by atoms with E-state index in [0.717, 1.165) is 4.90 Å². The summed E-state index contributed by atoms with van der Waals surface area (Å²) in [5.41, 5.74) is 1.40. The van der Waals surface area contributed by atoms with Gasteiger partial charge in [-0.3, -0.25) is 0 Å². The van der Waals surface area contributed by atoms with Gasteiger partial charge in [-0.15, -0.1) is 12.6 Å². The van der Waals surface area contributed by atoms with E-state index in [4.69, 9.17) is 0 Å². The minimum absolute atomic E-state index is 0.574. The molecule has 0 spiro atoms. The van der Waals surface area contributed by atoms with Crippen molar-refractivity contribution >= 4 is 34.2 Å². The minimum Gasteiger partial charge on any atom is -0.143 e. The lowest BCUT2D eigenvalue weighted by Crippen LogP contribution is -1.86. The summed E-state index contributed by atoms with van der Waals surface area (Å²) in [4.78, 5) is 1.01. The van der Waals surface area contributed by atoms with Crippen LogP contribution in [0.15, 0.2) is 53.4 Å². The fourth-order valence-electron chi connectivity index (χ4n) is 2.36. The van der Waals surface area contributed by atoms with Crippen LogP contribution in [0.4, 0.5) is 0 Å². The summed E-state index contributed by atoms with van der Waals surface area (Å²) in [6.45, 7) is 4.46. The number of hydrogen-bond donors (Lipinski definition) is 1. The predicted octanol–water partition coefficient (Wildman–Crippen LogP) is 5.41. The van der Waals surface area contributed by atoms with Crippen LogP contribution in [0.5, 0.6) is 0 Å². The second-order valence-corrected chi connectivity index (χ2v) is 5.66. The van der Waals surface area contributed by atoms with Gasteiger partial charge in [0.15, 0.2) is 0 Å². The highest BCUT2D eigenvalue weighted by atomic mass is 32.1. The Kier molecular flexibility index (Phi) is 2.79. The molecule has 0 atom stereocenters. The zero-order valence-electron chi connectivity index (χ0n) is 10.6. The molecule has 0 nitrogen and oxygen atoms in total. The SMILES string of the molecule is CC(C)c1ccc2cc3cc(S)ccc3cc2c1. The summed E-state index contributed by atoms with van der Waals surface area (Å²) in [5.74, 6) is 0.574. The van der Waals surface area contributed by atoms with Crippen LogP contribution in [0.3, 0.4) is 0 Å². The van der Waals surface area contributed by atoms with E-state index in [2.05, 4.69) is 68.9 Å². The number of thiol groups is 1. The third-order valence-corrected chi connectivity index (χ3v) is 3.75. The Morgan fingerprint density at radius 2 is 1.33 bits per heavy atom. The predicted molar refractivity (Wildman–Crippen MR) is 82.8 cm³/mol. The smallest absolute Gasteiger partial charge is 0.00463 e. The average Bonchev–Trinajstić information content (AvgIpc) is 2.35. The van der Waals surface area contributed by atoms with E-state index in [9.17, 15) is 0 Å². The molecule has 0 unspecified atom stereocenters. The monoisotopic (exact) mass is 252 g/mol. The Labute approximate surface area is 113 Å². The summed E-state index contributed by atoms with van der Waals surface area (Å²) >= 11 is 4.40. The van der Waals surface area contributed by atoms with Crippen LogP contribution in [-0.2, 0) is 0 Å². The first-order valence-corrected chi connectivity index (χ1v) is 6.74. The third kappa shape index (κ3) is 1.99. The second kappa shape index (κ2) is 4.33. The Morgan fingerprint density at radius 3 is 2.00 bits per heavy atom. The fourth-order valence-corrected chi connectivity index (χ4v) is 2.58. The Hall–Kier alpha value is -1.47. The number of benzene rings is 3. The molecule has 1 heteroatoms. The zero-order chi connectivity index (χ0) is 12.7. The normalized spacial score (nSPS) is 11.6. The van der Waals surface area contributed by atoms with Gasteiger partial charge >= 0.3 is 0 Å². The number of rotatable bonds is 1. The minimum atomic E-state index is 0.574. The van der Waals surface area contributed by atoms with E-state index in [1.807, 2.05) is 6.07 Å². The lowest BCUT2D eigenvalue weighted by molar-refractivity contribution is 0.869. The summed E-state index contributed by atoms with van der Waals surface area (Å²) in [7, 11) is 0. The first-order chi connectivity index (χ1) is 8.63. The standard InChI is InChI=1S/C17H16S/c1-11(2)12-3-4-13-9-16-10-17(18)6-5-14(16)8-15(13)7-12/h3-11,18H,1-2H3. The molecule has 3 rings (SSSR count). The van der Waals surface area contributed by atoms with Gasteiger partial charge in [0.1, 0.15) is 0 Å². The Balaban J connectivity index is 2.31. The zero-order valence-corrected chi connectivity index (χ0v) is 11.5. The van der Waals surface area contributed by atoms with Crippen molar-refractivity contribution in [2.24, 2.45) is 0 Å². The van der Waals surface area contributed by atoms with E-state index in [0.29, 0.717) is 5.92 Å². The van der Waals surface area contributed by atoms with Gasteiger partial charge in [-0.2, -0.15) is 0 Å². The topological polar surface area (TPSA) is 0 Å². The van der Waals surface area contributed by atoms with Crippen LogP contribution in [0.2, 0.25) is 0 Å². The van der Waals surface area contributed by atoms with E-state index in [-0.39, 0.29) is 0 Å². The molecule has 3 aromatic carbocycles. The first kappa shape index (κ1) is 11.6. The molecule has 90 valence electrons. The van der Waals surface area contributed by atoms with Crippen molar-refractivity contribution in [3.8, 4) is 0 Å². The molecule has 0 aliphatic heterocycles. The van der Waals surface area contributed by atoms with Gasteiger partial charge in [0, 0.05) is 4.90 Å². The highest BCUT2D eigenvalue weighted by molar-refractivity contribution is 7.80. The lowest BCUT2D eigenvalue weighted by atomic mass is 9.97. The molecular weight excluding hydrogens is 236 g/mol. The van der Waals surface area contributed by atoms with Gasteiger partial charge in [-0.05, 0) is 57.3 Å². The first-order valence-electron chi connectivity index (χ1n) is 6.30. The van der Waals surface area contributed by atoms with Crippen molar-refractivity contribution in [2.45, 2.75) is 24.7 Å². The van der Waals surface area contributed by atoms with E-state index in [1.165, 1.54) is 27.1 Å². The van der Waals surface area contributed by atoms with Gasteiger partial charge in [0.05, 0.1) is 0 Å². The van der Waals surface area contributed by atoms with Crippen LogP contribution < -0.4 is 0 Å². The van der Waals surface area contributed by atoms with E-state index >= 15 is 0 Å². The summed E-state index contributed by atoms with van der Waals surface area (Å²) < 4.78 is 0.